The zero-order valence-electron chi connectivity index (χ0n) is 40.5. The van der Waals surface area contributed by atoms with Gasteiger partial charge in [0.1, 0.15) is 30.5 Å². The van der Waals surface area contributed by atoms with Crippen molar-refractivity contribution in [3.8, 4) is 0 Å². The van der Waals surface area contributed by atoms with Crippen LogP contribution in [0.4, 0.5) is 0 Å². The molecule has 9 heteroatoms. The molecular formula is C55H94O9. The monoisotopic (exact) mass is 899 g/mol. The van der Waals surface area contributed by atoms with E-state index in [0.29, 0.717) is 13.0 Å². The van der Waals surface area contributed by atoms with Crippen molar-refractivity contribution >= 4 is 5.97 Å². The Morgan fingerprint density at radius 2 is 0.906 bits per heavy atom. The molecule has 0 spiro atoms. The average molecular weight is 899 g/mol. The van der Waals surface area contributed by atoms with E-state index in [2.05, 4.69) is 98.9 Å². The lowest BCUT2D eigenvalue weighted by Crippen LogP contribution is -2.59. The molecule has 0 aromatic rings. The molecule has 4 N–H and O–H groups in total. The molecular weight excluding hydrogens is 805 g/mol. The topological polar surface area (TPSA) is 135 Å². The summed E-state index contributed by atoms with van der Waals surface area (Å²) in [6, 6.07) is 0. The van der Waals surface area contributed by atoms with E-state index in [9.17, 15) is 25.2 Å². The van der Waals surface area contributed by atoms with Crippen LogP contribution in [0.15, 0.2) is 85.1 Å². The van der Waals surface area contributed by atoms with Gasteiger partial charge in [0.15, 0.2) is 6.29 Å². The number of esters is 1. The van der Waals surface area contributed by atoms with E-state index >= 15 is 0 Å². The Bertz CT molecular complexity index is 1250. The molecule has 1 heterocycles. The van der Waals surface area contributed by atoms with Crippen LogP contribution >= 0.6 is 0 Å². The first-order chi connectivity index (χ1) is 31.4. The molecule has 64 heavy (non-hydrogen) atoms. The lowest BCUT2D eigenvalue weighted by Gasteiger charge is -2.39. The van der Waals surface area contributed by atoms with Gasteiger partial charge in [0, 0.05) is 13.0 Å². The van der Waals surface area contributed by atoms with Gasteiger partial charge < -0.3 is 39.4 Å². The summed E-state index contributed by atoms with van der Waals surface area (Å²) in [5.74, 6) is -0.324. The lowest BCUT2D eigenvalue weighted by atomic mass is 9.99. The Balaban J connectivity index is 2.19. The van der Waals surface area contributed by atoms with Gasteiger partial charge in [-0.2, -0.15) is 0 Å². The van der Waals surface area contributed by atoms with Gasteiger partial charge in [-0.25, -0.2) is 0 Å². The molecule has 6 atom stereocenters. The fourth-order valence-corrected chi connectivity index (χ4v) is 7.38. The highest BCUT2D eigenvalue weighted by Gasteiger charge is 2.44. The second-order valence-corrected chi connectivity index (χ2v) is 17.2. The third kappa shape index (κ3) is 35.6. The number of rotatable bonds is 43. The molecule has 1 saturated heterocycles. The van der Waals surface area contributed by atoms with E-state index in [1.165, 1.54) is 83.5 Å². The predicted molar refractivity (Wildman–Crippen MR) is 265 cm³/mol. The first-order valence-electron chi connectivity index (χ1n) is 25.7. The summed E-state index contributed by atoms with van der Waals surface area (Å²) in [4.78, 5) is 12.8. The molecule has 0 aliphatic carbocycles. The van der Waals surface area contributed by atoms with E-state index in [-0.39, 0.29) is 19.2 Å². The van der Waals surface area contributed by atoms with Crippen LogP contribution in [0, 0.1) is 0 Å². The minimum Gasteiger partial charge on any atom is -0.457 e. The van der Waals surface area contributed by atoms with Gasteiger partial charge in [-0.3, -0.25) is 4.79 Å². The van der Waals surface area contributed by atoms with Gasteiger partial charge in [-0.15, -0.1) is 0 Å². The highest BCUT2D eigenvalue weighted by atomic mass is 16.7. The van der Waals surface area contributed by atoms with Crippen molar-refractivity contribution in [2.45, 2.75) is 230 Å². The van der Waals surface area contributed by atoms with E-state index in [1.54, 1.807) is 0 Å². The molecule has 9 nitrogen and oxygen atoms in total. The SMILES string of the molecule is CC/C=C\C/C=C\C/C=C\C/C=C\CCCCCCCCCCCCCCC(=O)OC(COCCCCCCCC/C=C\C/C=C\C/C=C\CC)COC1OC(CO)C(O)C(O)C1O. The van der Waals surface area contributed by atoms with Gasteiger partial charge in [-0.1, -0.05) is 189 Å². The van der Waals surface area contributed by atoms with Gasteiger partial charge in [0.05, 0.1) is 19.8 Å². The minimum absolute atomic E-state index is 0.124. The third-order valence-corrected chi connectivity index (χ3v) is 11.3. The van der Waals surface area contributed by atoms with E-state index in [4.69, 9.17) is 18.9 Å². The van der Waals surface area contributed by atoms with Crippen LogP contribution in [0.25, 0.3) is 0 Å². The smallest absolute Gasteiger partial charge is 0.306 e. The fraction of sp³-hybridized carbons (Fsp3) is 0.727. The van der Waals surface area contributed by atoms with E-state index in [0.717, 1.165) is 89.9 Å². The molecule has 0 bridgehead atoms. The lowest BCUT2D eigenvalue weighted by molar-refractivity contribution is -0.305. The Hall–Kier alpha value is -2.63. The summed E-state index contributed by atoms with van der Waals surface area (Å²) in [6.45, 7) is 4.30. The van der Waals surface area contributed by atoms with Gasteiger partial charge in [0.25, 0.3) is 0 Å². The summed E-state index contributed by atoms with van der Waals surface area (Å²) in [6.07, 6.45) is 54.7. The number of hydrogen-bond acceptors (Lipinski definition) is 9. The zero-order chi connectivity index (χ0) is 46.4. The molecule has 6 unspecified atom stereocenters. The average Bonchev–Trinajstić information content (AvgIpc) is 3.30. The first kappa shape index (κ1) is 59.4. The number of unbranched alkanes of at least 4 members (excludes halogenated alkanes) is 18. The quantitative estimate of drug-likeness (QED) is 0.0268. The van der Waals surface area contributed by atoms with Crippen molar-refractivity contribution in [1.82, 2.24) is 0 Å². The molecule has 0 amide bonds. The van der Waals surface area contributed by atoms with Crippen molar-refractivity contribution in [3.05, 3.63) is 85.1 Å². The number of ether oxygens (including phenoxy) is 4. The Labute approximate surface area is 390 Å². The van der Waals surface area contributed by atoms with Crippen molar-refractivity contribution < 1.29 is 44.2 Å². The summed E-state index contributed by atoms with van der Waals surface area (Å²) in [7, 11) is 0. The second kappa shape index (κ2) is 45.5. The number of aliphatic hydroxyl groups is 4. The van der Waals surface area contributed by atoms with Crippen LogP contribution in [0.2, 0.25) is 0 Å². The largest absolute Gasteiger partial charge is 0.457 e. The number of allylic oxidation sites excluding steroid dienone is 14. The predicted octanol–water partition coefficient (Wildman–Crippen LogP) is 12.6. The Morgan fingerprint density at radius 1 is 0.500 bits per heavy atom. The number of carbonyl (C=O) groups excluding carboxylic acids is 1. The summed E-state index contributed by atoms with van der Waals surface area (Å²) >= 11 is 0. The molecule has 0 radical (unpaired) electrons. The molecule has 1 rings (SSSR count). The van der Waals surface area contributed by atoms with Crippen LogP contribution in [-0.4, -0.2) is 89.6 Å². The summed E-state index contributed by atoms with van der Waals surface area (Å²) in [5, 5.41) is 40.2. The van der Waals surface area contributed by atoms with Crippen LogP contribution in [-0.2, 0) is 23.7 Å². The maximum absolute atomic E-state index is 12.8. The van der Waals surface area contributed by atoms with Crippen LogP contribution in [0.3, 0.4) is 0 Å². The number of hydrogen-bond donors (Lipinski definition) is 4. The maximum Gasteiger partial charge on any atom is 0.306 e. The first-order valence-corrected chi connectivity index (χ1v) is 25.7. The van der Waals surface area contributed by atoms with E-state index < -0.39 is 43.4 Å². The van der Waals surface area contributed by atoms with Gasteiger partial charge in [-0.05, 0) is 83.5 Å². The van der Waals surface area contributed by atoms with Crippen LogP contribution < -0.4 is 0 Å². The fourth-order valence-electron chi connectivity index (χ4n) is 7.38. The normalized spacial score (nSPS) is 20.2. The molecule has 0 aromatic carbocycles. The number of carbonyl (C=O) groups is 1. The highest BCUT2D eigenvalue weighted by molar-refractivity contribution is 5.69. The Kier molecular flexibility index (Phi) is 42.2. The standard InChI is InChI=1S/C55H94O9/c1-3-5-7-9-11-13-15-17-19-21-22-23-24-25-26-27-28-29-30-32-34-36-38-40-42-44-51(57)63-49(48-62-55-54(60)53(59)52(58)50(46-56)64-55)47-61-45-43-41-39-37-35-33-31-20-18-16-14-12-10-8-6-4-2/h5-8,11-14,17-20,22-23,49-50,52-56,58-60H,3-4,9-10,15-16,21,24-48H2,1-2H3/b7-5-,8-6-,13-11-,14-12-,19-17-,20-18-,23-22-. The molecule has 1 aliphatic rings. The number of aliphatic hydroxyl groups excluding tert-OH is 4. The van der Waals surface area contributed by atoms with Crippen molar-refractivity contribution in [2.24, 2.45) is 0 Å². The van der Waals surface area contributed by atoms with Crippen molar-refractivity contribution in [1.29, 1.82) is 0 Å². The van der Waals surface area contributed by atoms with Gasteiger partial charge >= 0.3 is 5.97 Å². The molecule has 1 fully saturated rings. The van der Waals surface area contributed by atoms with Crippen molar-refractivity contribution in [3.63, 3.8) is 0 Å². The van der Waals surface area contributed by atoms with E-state index in [1.807, 2.05) is 0 Å². The van der Waals surface area contributed by atoms with Crippen molar-refractivity contribution in [2.75, 3.05) is 26.4 Å². The molecule has 0 aromatic heterocycles. The minimum atomic E-state index is -1.54. The third-order valence-electron chi connectivity index (χ3n) is 11.3. The molecule has 368 valence electrons. The summed E-state index contributed by atoms with van der Waals surface area (Å²) < 4.78 is 22.9. The molecule has 0 saturated carbocycles. The highest BCUT2D eigenvalue weighted by Crippen LogP contribution is 2.23. The maximum atomic E-state index is 12.8. The van der Waals surface area contributed by atoms with Crippen LogP contribution in [0.5, 0.6) is 0 Å². The Morgan fingerprint density at radius 3 is 1.36 bits per heavy atom. The second-order valence-electron chi connectivity index (χ2n) is 17.2. The summed E-state index contributed by atoms with van der Waals surface area (Å²) in [5.41, 5.74) is 0. The zero-order valence-corrected chi connectivity index (χ0v) is 40.5. The van der Waals surface area contributed by atoms with Crippen LogP contribution in [0.1, 0.15) is 194 Å². The van der Waals surface area contributed by atoms with Gasteiger partial charge in [0.2, 0.25) is 0 Å². The molecule has 1 aliphatic heterocycles.